The lowest BCUT2D eigenvalue weighted by molar-refractivity contribution is -0.120. The molecule has 0 aromatic carbocycles. The van der Waals surface area contributed by atoms with Crippen LogP contribution in [0.3, 0.4) is 0 Å². The Hall–Kier alpha value is -1.98. The molecule has 0 saturated carbocycles. The molecular formula is C9H10N4O2. The van der Waals surface area contributed by atoms with Gasteiger partial charge in [-0.25, -0.2) is 14.8 Å². The average molecular weight is 206 g/mol. The van der Waals surface area contributed by atoms with Crippen molar-refractivity contribution >= 4 is 17.9 Å². The molecule has 0 atom stereocenters. The van der Waals surface area contributed by atoms with Crippen LogP contribution in [-0.4, -0.2) is 28.5 Å². The fourth-order valence-electron chi connectivity index (χ4n) is 1.28. The topological polar surface area (TPSA) is 75.2 Å². The molecule has 0 spiro atoms. The number of nitrogens with zero attached hydrogens (tertiary/aromatic N) is 3. The number of amides is 3. The molecule has 0 bridgehead atoms. The van der Waals surface area contributed by atoms with Gasteiger partial charge in [0.1, 0.15) is 0 Å². The standard InChI is InChI=1S/C9H10N4O2/c1-6-4-10-8(11-5-6)13-3-2-7(14)12-9(13)15/h4-5H,2-3H2,1H3,(H,12,14,15). The first kappa shape index (κ1) is 9.57. The maximum absolute atomic E-state index is 11.4. The number of hydrogen-bond donors (Lipinski definition) is 1. The van der Waals surface area contributed by atoms with E-state index < -0.39 is 6.03 Å². The molecule has 0 radical (unpaired) electrons. The van der Waals surface area contributed by atoms with Crippen LogP contribution < -0.4 is 10.2 Å². The molecule has 1 saturated heterocycles. The van der Waals surface area contributed by atoms with Gasteiger partial charge >= 0.3 is 6.03 Å². The Kier molecular flexibility index (Phi) is 2.32. The molecule has 1 aliphatic rings. The van der Waals surface area contributed by atoms with Crippen molar-refractivity contribution in [1.82, 2.24) is 15.3 Å². The van der Waals surface area contributed by atoms with Crippen molar-refractivity contribution < 1.29 is 9.59 Å². The van der Waals surface area contributed by atoms with Gasteiger partial charge in [0.15, 0.2) is 0 Å². The molecule has 1 fully saturated rings. The molecule has 3 amide bonds. The highest BCUT2D eigenvalue weighted by molar-refractivity contribution is 6.04. The predicted molar refractivity (Wildman–Crippen MR) is 52.3 cm³/mol. The van der Waals surface area contributed by atoms with E-state index in [0.717, 1.165) is 5.56 Å². The van der Waals surface area contributed by atoms with Crippen LogP contribution in [0.2, 0.25) is 0 Å². The Morgan fingerprint density at radius 2 is 2.00 bits per heavy atom. The molecule has 6 nitrogen and oxygen atoms in total. The molecule has 1 N–H and O–H groups in total. The third-order valence-corrected chi connectivity index (χ3v) is 2.06. The lowest BCUT2D eigenvalue weighted by atomic mass is 10.3. The van der Waals surface area contributed by atoms with Gasteiger partial charge in [-0.3, -0.25) is 15.0 Å². The number of rotatable bonds is 1. The maximum Gasteiger partial charge on any atom is 0.330 e. The summed E-state index contributed by atoms with van der Waals surface area (Å²) in [6.45, 7) is 2.19. The minimum Gasteiger partial charge on any atom is -0.278 e. The zero-order chi connectivity index (χ0) is 10.8. The molecule has 15 heavy (non-hydrogen) atoms. The van der Waals surface area contributed by atoms with Crippen LogP contribution >= 0.6 is 0 Å². The molecule has 1 aliphatic heterocycles. The number of urea groups is 1. The van der Waals surface area contributed by atoms with Crippen molar-refractivity contribution in [2.45, 2.75) is 13.3 Å². The Balaban J connectivity index is 2.20. The Labute approximate surface area is 86.3 Å². The van der Waals surface area contributed by atoms with Gasteiger partial charge in [-0.2, -0.15) is 0 Å². The fraction of sp³-hybridized carbons (Fsp3) is 0.333. The van der Waals surface area contributed by atoms with Crippen molar-refractivity contribution in [1.29, 1.82) is 0 Å². The van der Waals surface area contributed by atoms with Gasteiger partial charge < -0.3 is 0 Å². The van der Waals surface area contributed by atoms with E-state index in [1.807, 2.05) is 6.92 Å². The first-order valence-corrected chi connectivity index (χ1v) is 4.57. The normalized spacial score (nSPS) is 16.5. The van der Waals surface area contributed by atoms with E-state index in [1.54, 1.807) is 12.4 Å². The number of carbonyl (C=O) groups excluding carboxylic acids is 2. The van der Waals surface area contributed by atoms with Crippen LogP contribution in [0, 0.1) is 6.92 Å². The zero-order valence-electron chi connectivity index (χ0n) is 8.23. The van der Waals surface area contributed by atoms with Crippen LogP contribution in [0.1, 0.15) is 12.0 Å². The van der Waals surface area contributed by atoms with Crippen molar-refractivity contribution in [2.24, 2.45) is 0 Å². The fourth-order valence-corrected chi connectivity index (χ4v) is 1.28. The first-order chi connectivity index (χ1) is 7.16. The Morgan fingerprint density at radius 1 is 1.33 bits per heavy atom. The quantitative estimate of drug-likeness (QED) is 0.713. The second-order valence-electron chi connectivity index (χ2n) is 3.32. The van der Waals surface area contributed by atoms with Crippen molar-refractivity contribution in [3.8, 4) is 0 Å². The number of aryl methyl sites for hydroxylation is 1. The van der Waals surface area contributed by atoms with E-state index >= 15 is 0 Å². The van der Waals surface area contributed by atoms with Gasteiger partial charge in [0, 0.05) is 25.4 Å². The number of nitrogens with one attached hydrogen (secondary N) is 1. The number of aromatic nitrogens is 2. The number of imide groups is 1. The second kappa shape index (κ2) is 3.64. The van der Waals surface area contributed by atoms with E-state index in [2.05, 4.69) is 15.3 Å². The maximum atomic E-state index is 11.4. The monoisotopic (exact) mass is 206 g/mol. The van der Waals surface area contributed by atoms with Gasteiger partial charge in [-0.1, -0.05) is 0 Å². The van der Waals surface area contributed by atoms with Gasteiger partial charge in [0.2, 0.25) is 11.9 Å². The molecule has 1 aromatic rings. The van der Waals surface area contributed by atoms with Gasteiger partial charge in [0.05, 0.1) is 0 Å². The molecular weight excluding hydrogens is 196 g/mol. The summed E-state index contributed by atoms with van der Waals surface area (Å²) in [4.78, 5) is 31.7. The largest absolute Gasteiger partial charge is 0.330 e. The summed E-state index contributed by atoms with van der Waals surface area (Å²) in [6, 6.07) is -0.463. The highest BCUT2D eigenvalue weighted by Crippen LogP contribution is 2.10. The lowest BCUT2D eigenvalue weighted by Gasteiger charge is -2.24. The highest BCUT2D eigenvalue weighted by atomic mass is 16.2. The summed E-state index contributed by atoms with van der Waals surface area (Å²) < 4.78 is 0. The summed E-state index contributed by atoms with van der Waals surface area (Å²) in [7, 11) is 0. The number of anilines is 1. The van der Waals surface area contributed by atoms with Crippen LogP contribution in [0.25, 0.3) is 0 Å². The summed E-state index contributed by atoms with van der Waals surface area (Å²) in [5.74, 6) is 0.0639. The van der Waals surface area contributed by atoms with Gasteiger partial charge in [0.25, 0.3) is 0 Å². The summed E-state index contributed by atoms with van der Waals surface area (Å²) in [6.07, 6.45) is 3.54. The van der Waals surface area contributed by atoms with Crippen molar-refractivity contribution in [2.75, 3.05) is 11.4 Å². The molecule has 0 unspecified atom stereocenters. The number of hydrogen-bond acceptors (Lipinski definition) is 4. The molecule has 6 heteroatoms. The summed E-state index contributed by atoms with van der Waals surface area (Å²) >= 11 is 0. The van der Waals surface area contributed by atoms with Crippen LogP contribution in [-0.2, 0) is 4.79 Å². The SMILES string of the molecule is Cc1cnc(N2CCC(=O)NC2=O)nc1. The minimum atomic E-state index is -0.463. The van der Waals surface area contributed by atoms with Crippen LogP contribution in [0.4, 0.5) is 10.7 Å². The summed E-state index contributed by atoms with van der Waals surface area (Å²) in [5, 5.41) is 2.21. The smallest absolute Gasteiger partial charge is 0.278 e. The molecule has 2 rings (SSSR count). The van der Waals surface area contributed by atoms with E-state index in [-0.39, 0.29) is 12.3 Å². The zero-order valence-corrected chi connectivity index (χ0v) is 8.23. The van der Waals surface area contributed by atoms with E-state index in [4.69, 9.17) is 0 Å². The lowest BCUT2D eigenvalue weighted by Crippen LogP contribution is -2.50. The molecule has 1 aromatic heterocycles. The van der Waals surface area contributed by atoms with Crippen molar-refractivity contribution in [3.05, 3.63) is 18.0 Å². The average Bonchev–Trinajstić information content (AvgIpc) is 2.20. The second-order valence-corrected chi connectivity index (χ2v) is 3.32. The highest BCUT2D eigenvalue weighted by Gasteiger charge is 2.25. The van der Waals surface area contributed by atoms with Crippen LogP contribution in [0.15, 0.2) is 12.4 Å². The van der Waals surface area contributed by atoms with E-state index in [1.165, 1.54) is 4.90 Å². The first-order valence-electron chi connectivity index (χ1n) is 4.57. The van der Waals surface area contributed by atoms with Crippen LogP contribution in [0.5, 0.6) is 0 Å². The Morgan fingerprint density at radius 3 is 2.60 bits per heavy atom. The van der Waals surface area contributed by atoms with Gasteiger partial charge in [-0.15, -0.1) is 0 Å². The predicted octanol–water partition coefficient (Wildman–Crippen LogP) is 0.231. The van der Waals surface area contributed by atoms with Crippen molar-refractivity contribution in [3.63, 3.8) is 0 Å². The minimum absolute atomic E-state index is 0.261. The van der Waals surface area contributed by atoms with E-state index in [9.17, 15) is 9.59 Å². The van der Waals surface area contributed by atoms with E-state index in [0.29, 0.717) is 12.5 Å². The molecule has 78 valence electrons. The number of carbonyl (C=O) groups is 2. The Bertz CT molecular complexity index is 401. The molecule has 0 aliphatic carbocycles. The van der Waals surface area contributed by atoms with Gasteiger partial charge in [-0.05, 0) is 12.5 Å². The molecule has 2 heterocycles. The third kappa shape index (κ3) is 1.93. The third-order valence-electron chi connectivity index (χ3n) is 2.06. The summed E-state index contributed by atoms with van der Waals surface area (Å²) in [5.41, 5.74) is 0.923.